The second-order valence-corrected chi connectivity index (χ2v) is 16.9. The maximum Gasteiger partial charge on any atom is 0.331 e. The van der Waals surface area contributed by atoms with E-state index in [0.29, 0.717) is 25.2 Å². The first-order valence-corrected chi connectivity index (χ1v) is 20.7. The predicted molar refractivity (Wildman–Crippen MR) is 205 cm³/mol. The van der Waals surface area contributed by atoms with Gasteiger partial charge >= 0.3 is 5.97 Å². The Morgan fingerprint density at radius 1 is 0.898 bits per heavy atom. The molecule has 0 unspecified atom stereocenters. The molecule has 0 bridgehead atoms. The zero-order valence-corrected chi connectivity index (χ0v) is 35.3. The van der Waals surface area contributed by atoms with Gasteiger partial charge in [0.05, 0.1) is 12.6 Å². The molecule has 0 aromatic carbocycles. The zero-order chi connectivity index (χ0) is 44.1. The third kappa shape index (κ3) is 10.3. The summed E-state index contributed by atoms with van der Waals surface area (Å²) in [6.07, 6.45) is 0.550. The molecule has 0 spiro atoms. The van der Waals surface area contributed by atoms with Crippen molar-refractivity contribution in [1.29, 1.82) is 0 Å². The van der Waals surface area contributed by atoms with Gasteiger partial charge in [0, 0.05) is 19.5 Å². The number of cyclic esters (lactones) is 1. The predicted octanol–water partition coefficient (Wildman–Crippen LogP) is -0.936. The van der Waals surface area contributed by atoms with Crippen LogP contribution in [0.4, 0.5) is 0 Å². The molecular weight excluding hydrogens is 776 g/mol. The van der Waals surface area contributed by atoms with Gasteiger partial charge in [-0.2, -0.15) is 0 Å². The fourth-order valence-electron chi connectivity index (χ4n) is 7.87. The van der Waals surface area contributed by atoms with Crippen LogP contribution in [0.2, 0.25) is 0 Å². The van der Waals surface area contributed by atoms with Gasteiger partial charge in [0.25, 0.3) is 29.5 Å². The maximum absolute atomic E-state index is 14.8. The SMILES string of the molecule is CC[C@H](C)C[C@H]1CC[C@](O)([C@@](C)(O)C(=O)N[C@@H]2C(=O)N3NCCC[C@@H]3C(=O)N(O)[C@@H](C)C(=O)NCC(=O)N3NCCC[C@H]3C(=O)N(O)[C@H](C)C(=O)O[C@H]2C(C)C)O[C@H]1C. The lowest BCUT2D eigenvalue weighted by Gasteiger charge is -2.47. The minimum atomic E-state index is -2.70. The molecule has 334 valence electrons. The van der Waals surface area contributed by atoms with E-state index in [2.05, 4.69) is 35.3 Å². The average molecular weight is 841 g/mol. The summed E-state index contributed by atoms with van der Waals surface area (Å²) in [7, 11) is 0. The van der Waals surface area contributed by atoms with Crippen LogP contribution in [-0.4, -0.2) is 156 Å². The molecule has 4 aliphatic heterocycles. The number of fused-ring (bicyclic) bond motifs is 2. The van der Waals surface area contributed by atoms with Crippen LogP contribution in [0.1, 0.15) is 107 Å². The molecule has 0 aliphatic carbocycles. The van der Waals surface area contributed by atoms with Crippen LogP contribution in [0.5, 0.6) is 0 Å². The number of aliphatic hydroxyl groups is 2. The molecule has 0 saturated carbocycles. The number of hydrogen-bond acceptors (Lipinski definition) is 15. The van der Waals surface area contributed by atoms with E-state index in [-0.39, 0.29) is 48.4 Å². The van der Waals surface area contributed by atoms with E-state index >= 15 is 0 Å². The van der Waals surface area contributed by atoms with Gasteiger partial charge in [-0.1, -0.05) is 34.1 Å². The smallest absolute Gasteiger partial charge is 0.331 e. The molecule has 4 aliphatic rings. The first-order valence-electron chi connectivity index (χ1n) is 20.7. The van der Waals surface area contributed by atoms with E-state index in [0.717, 1.165) is 36.7 Å². The van der Waals surface area contributed by atoms with Crippen molar-refractivity contribution in [3.8, 4) is 0 Å². The first-order chi connectivity index (χ1) is 27.6. The third-order valence-corrected chi connectivity index (χ3v) is 12.2. The summed E-state index contributed by atoms with van der Waals surface area (Å²) in [4.78, 5) is 96.8. The fourth-order valence-corrected chi connectivity index (χ4v) is 7.87. The number of nitrogens with one attached hydrogen (secondary N) is 4. The third-order valence-electron chi connectivity index (χ3n) is 12.2. The Bertz CT molecular complexity index is 1580. The Morgan fingerprint density at radius 2 is 1.46 bits per heavy atom. The van der Waals surface area contributed by atoms with Crippen LogP contribution < -0.4 is 21.5 Å². The van der Waals surface area contributed by atoms with Crippen LogP contribution in [0.3, 0.4) is 0 Å². The molecule has 4 rings (SSSR count). The molecular formula is C38H64N8O13. The van der Waals surface area contributed by atoms with Gasteiger partial charge in [0.15, 0.2) is 11.6 Å². The summed E-state index contributed by atoms with van der Waals surface area (Å²) in [6, 6.07) is -8.05. The number of amides is 6. The van der Waals surface area contributed by atoms with Crippen LogP contribution in [0.25, 0.3) is 0 Å². The lowest BCUT2D eigenvalue weighted by atomic mass is 9.79. The molecule has 0 aromatic rings. The highest BCUT2D eigenvalue weighted by Crippen LogP contribution is 2.40. The van der Waals surface area contributed by atoms with Gasteiger partial charge in [-0.15, -0.1) is 0 Å². The Hall–Kier alpha value is -3.99. The Kier molecular flexibility index (Phi) is 15.8. The molecule has 4 heterocycles. The van der Waals surface area contributed by atoms with Gasteiger partial charge in [-0.25, -0.2) is 25.8 Å². The topological polar surface area (TPSA) is 280 Å². The van der Waals surface area contributed by atoms with Crippen LogP contribution in [0.15, 0.2) is 0 Å². The largest absolute Gasteiger partial charge is 0.458 e. The normalized spacial score (nSPS) is 34.1. The summed E-state index contributed by atoms with van der Waals surface area (Å²) in [5.41, 5.74) is 2.85. The van der Waals surface area contributed by atoms with E-state index in [4.69, 9.17) is 9.47 Å². The van der Waals surface area contributed by atoms with E-state index in [1.807, 2.05) is 0 Å². The van der Waals surface area contributed by atoms with Crippen LogP contribution >= 0.6 is 0 Å². The molecule has 8 N–H and O–H groups in total. The molecule has 0 aromatic heterocycles. The van der Waals surface area contributed by atoms with Gasteiger partial charge in [-0.3, -0.25) is 49.2 Å². The molecule has 4 fully saturated rings. The van der Waals surface area contributed by atoms with E-state index in [9.17, 15) is 54.2 Å². The number of esters is 1. The number of hydrazine groups is 2. The summed E-state index contributed by atoms with van der Waals surface area (Å²) in [5, 5.41) is 52.4. The Morgan fingerprint density at radius 3 is 2.02 bits per heavy atom. The van der Waals surface area contributed by atoms with Crippen molar-refractivity contribution in [3.63, 3.8) is 0 Å². The minimum absolute atomic E-state index is 0.0268. The number of ether oxygens (including phenoxy) is 2. The zero-order valence-electron chi connectivity index (χ0n) is 35.3. The fraction of sp³-hybridized carbons (Fsp3) is 0.816. The number of rotatable bonds is 7. The van der Waals surface area contributed by atoms with Gasteiger partial charge < -0.3 is 30.3 Å². The highest BCUT2D eigenvalue weighted by Gasteiger charge is 2.57. The number of nitrogens with zero attached hydrogens (tertiary/aromatic N) is 4. The van der Waals surface area contributed by atoms with Crippen molar-refractivity contribution in [2.45, 2.75) is 161 Å². The lowest BCUT2D eigenvalue weighted by Crippen LogP contribution is -2.70. The van der Waals surface area contributed by atoms with Crippen molar-refractivity contribution in [2.75, 3.05) is 19.6 Å². The van der Waals surface area contributed by atoms with Gasteiger partial charge in [-0.05, 0) is 84.0 Å². The van der Waals surface area contributed by atoms with Crippen molar-refractivity contribution < 1.29 is 63.7 Å². The lowest BCUT2D eigenvalue weighted by molar-refractivity contribution is -0.326. The Balaban J connectivity index is 1.76. The number of hydrogen-bond donors (Lipinski definition) is 8. The van der Waals surface area contributed by atoms with E-state index in [1.54, 1.807) is 20.8 Å². The van der Waals surface area contributed by atoms with Crippen molar-refractivity contribution in [3.05, 3.63) is 0 Å². The number of carbonyl (C=O) groups is 7. The maximum atomic E-state index is 14.8. The van der Waals surface area contributed by atoms with E-state index in [1.165, 1.54) is 6.92 Å². The molecule has 21 heteroatoms. The second kappa shape index (κ2) is 19.6. The van der Waals surface area contributed by atoms with E-state index < -0.39 is 108 Å². The second-order valence-electron chi connectivity index (χ2n) is 16.9. The van der Waals surface area contributed by atoms with Crippen molar-refractivity contribution in [2.24, 2.45) is 17.8 Å². The summed E-state index contributed by atoms with van der Waals surface area (Å²) in [5.74, 6) is -10.4. The van der Waals surface area contributed by atoms with Gasteiger partial charge in [0.1, 0.15) is 30.3 Å². The molecule has 6 amide bonds. The van der Waals surface area contributed by atoms with Crippen molar-refractivity contribution >= 4 is 41.4 Å². The molecule has 0 radical (unpaired) electrons. The summed E-state index contributed by atoms with van der Waals surface area (Å²) < 4.78 is 11.8. The quantitative estimate of drug-likeness (QED) is 0.114. The number of carbonyl (C=O) groups excluding carboxylic acids is 7. The van der Waals surface area contributed by atoms with Crippen molar-refractivity contribution in [1.82, 2.24) is 41.6 Å². The summed E-state index contributed by atoms with van der Waals surface area (Å²) >= 11 is 0. The minimum Gasteiger partial charge on any atom is -0.458 e. The highest BCUT2D eigenvalue weighted by atomic mass is 16.6. The molecule has 11 atom stereocenters. The standard InChI is InChI=1S/C38H64N8O13/c1-9-21(4)18-25-14-15-38(55,59-24(25)7)37(8,54)36(53)42-29-30(20(2)3)58-35(52)23(6)46(57)32(49)26-12-10-16-40-43(26)28(47)19-39-31(48)22(5)45(56)33(50)27-13-11-17-41-44(27)34(29)51/h20-27,29-30,40-41,54-57H,9-19H2,1-8H3,(H,39,48)(H,42,53)/t21-,22-,23+,24-,25+,26-,27+,29-,30-,37-,38+/m0/s1. The van der Waals surface area contributed by atoms with Gasteiger partial charge in [0.2, 0.25) is 11.7 Å². The Labute approximate surface area is 344 Å². The number of hydroxylamine groups is 4. The first kappa shape index (κ1) is 47.7. The monoisotopic (exact) mass is 840 g/mol. The highest BCUT2D eigenvalue weighted by molar-refractivity contribution is 5.97. The van der Waals surface area contributed by atoms with Crippen LogP contribution in [-0.2, 0) is 43.0 Å². The van der Waals surface area contributed by atoms with Crippen LogP contribution in [0, 0.1) is 17.8 Å². The summed E-state index contributed by atoms with van der Waals surface area (Å²) in [6.45, 7) is 12.1. The molecule has 59 heavy (non-hydrogen) atoms. The molecule has 4 saturated heterocycles. The molecule has 21 nitrogen and oxygen atoms in total. The average Bonchev–Trinajstić information content (AvgIpc) is 3.22.